The number of phenolic OH excluding ortho intramolecular Hbond substituents is 1. The fourth-order valence-electron chi connectivity index (χ4n) is 2.27. The highest BCUT2D eigenvalue weighted by Crippen LogP contribution is 2.31. The van der Waals surface area contributed by atoms with Gasteiger partial charge in [-0.25, -0.2) is 0 Å². The van der Waals surface area contributed by atoms with E-state index in [0.29, 0.717) is 24.3 Å². The first-order chi connectivity index (χ1) is 9.61. The lowest BCUT2D eigenvalue weighted by atomic mass is 10.0. The summed E-state index contributed by atoms with van der Waals surface area (Å²) >= 11 is 0. The Balaban J connectivity index is 2.27. The van der Waals surface area contributed by atoms with Gasteiger partial charge in [0.25, 0.3) is 0 Å². The van der Waals surface area contributed by atoms with E-state index < -0.39 is 0 Å². The molecule has 0 radical (unpaired) electrons. The van der Waals surface area contributed by atoms with E-state index in [1.165, 1.54) is 6.92 Å². The zero-order valence-corrected chi connectivity index (χ0v) is 11.7. The summed E-state index contributed by atoms with van der Waals surface area (Å²) in [5.74, 6) is 0.369. The number of ether oxygens (including phenoxy) is 2. The summed E-state index contributed by atoms with van der Waals surface area (Å²) in [5, 5.41) is 10.1. The molecule has 1 aromatic carbocycles. The second-order valence-corrected chi connectivity index (χ2v) is 4.94. The molecule has 108 valence electrons. The molecule has 1 N–H and O–H groups in total. The molecule has 1 heterocycles. The second kappa shape index (κ2) is 6.57. The van der Waals surface area contributed by atoms with E-state index >= 15 is 0 Å². The summed E-state index contributed by atoms with van der Waals surface area (Å²) in [6, 6.07) is 3.31. The van der Waals surface area contributed by atoms with E-state index in [1.807, 2.05) is 0 Å². The van der Waals surface area contributed by atoms with Crippen molar-refractivity contribution in [1.29, 1.82) is 0 Å². The number of benzene rings is 1. The Labute approximate surface area is 119 Å². The van der Waals surface area contributed by atoms with Crippen molar-refractivity contribution in [3.05, 3.63) is 35.9 Å². The average Bonchev–Trinajstić information content (AvgIpc) is 2.43. The molecule has 2 rings (SSSR count). The summed E-state index contributed by atoms with van der Waals surface area (Å²) in [4.78, 5) is 11.6. The van der Waals surface area contributed by atoms with Gasteiger partial charge in [-0.1, -0.05) is 6.08 Å². The number of rotatable bonds is 5. The van der Waals surface area contributed by atoms with Crippen LogP contribution in [0.5, 0.6) is 11.5 Å². The second-order valence-electron chi connectivity index (χ2n) is 4.94. The molecule has 1 aliphatic heterocycles. The molecule has 1 atom stereocenters. The Morgan fingerprint density at radius 3 is 2.95 bits per heavy atom. The number of Topliss-reactive ketones (excluding diaryl/α,β-unsaturated/α-hetero) is 1. The van der Waals surface area contributed by atoms with Gasteiger partial charge in [-0.15, -0.1) is 6.58 Å². The van der Waals surface area contributed by atoms with Crippen LogP contribution in [-0.2, 0) is 11.2 Å². The third-order valence-electron chi connectivity index (χ3n) is 3.31. The largest absolute Gasteiger partial charge is 0.507 e. The van der Waals surface area contributed by atoms with Crippen molar-refractivity contribution < 1.29 is 19.4 Å². The summed E-state index contributed by atoms with van der Waals surface area (Å²) in [6.07, 6.45) is 4.85. The quantitative estimate of drug-likeness (QED) is 0.662. The van der Waals surface area contributed by atoms with Crippen LogP contribution in [0.15, 0.2) is 24.8 Å². The molecule has 0 spiro atoms. The van der Waals surface area contributed by atoms with E-state index in [-0.39, 0.29) is 23.4 Å². The Morgan fingerprint density at radius 2 is 2.35 bits per heavy atom. The lowest BCUT2D eigenvalue weighted by Crippen LogP contribution is -2.25. The maximum absolute atomic E-state index is 11.6. The van der Waals surface area contributed by atoms with E-state index in [4.69, 9.17) is 9.47 Å². The fraction of sp³-hybridized carbons (Fsp3) is 0.438. The van der Waals surface area contributed by atoms with Crippen LogP contribution in [0.25, 0.3) is 0 Å². The minimum Gasteiger partial charge on any atom is -0.507 e. The van der Waals surface area contributed by atoms with E-state index in [1.54, 1.807) is 18.2 Å². The number of aromatic hydroxyl groups is 1. The van der Waals surface area contributed by atoms with E-state index in [2.05, 4.69) is 6.58 Å². The Morgan fingerprint density at radius 1 is 1.55 bits per heavy atom. The molecule has 1 unspecified atom stereocenters. The highest BCUT2D eigenvalue weighted by Gasteiger charge is 2.18. The van der Waals surface area contributed by atoms with Crippen molar-refractivity contribution in [2.75, 3.05) is 6.61 Å². The van der Waals surface area contributed by atoms with Crippen LogP contribution in [0.3, 0.4) is 0 Å². The van der Waals surface area contributed by atoms with Gasteiger partial charge in [-0.05, 0) is 38.3 Å². The Kier molecular flexibility index (Phi) is 4.79. The molecule has 1 aliphatic rings. The number of phenols is 1. The number of allylic oxidation sites excluding steroid dienone is 1. The first kappa shape index (κ1) is 14.6. The van der Waals surface area contributed by atoms with Crippen LogP contribution in [0.2, 0.25) is 0 Å². The number of hydrogen-bond acceptors (Lipinski definition) is 4. The number of hydrogen-bond donors (Lipinski definition) is 1. The smallest absolute Gasteiger partial charge is 0.199 e. The topological polar surface area (TPSA) is 55.8 Å². The summed E-state index contributed by atoms with van der Waals surface area (Å²) in [5.41, 5.74) is 0.911. The van der Waals surface area contributed by atoms with Crippen LogP contribution in [0.1, 0.15) is 42.1 Å². The normalized spacial score (nSPS) is 18.6. The van der Waals surface area contributed by atoms with Gasteiger partial charge < -0.3 is 14.6 Å². The van der Waals surface area contributed by atoms with Gasteiger partial charge in [0, 0.05) is 12.0 Å². The van der Waals surface area contributed by atoms with Crippen LogP contribution in [0.4, 0.5) is 0 Å². The van der Waals surface area contributed by atoms with Crippen molar-refractivity contribution in [1.82, 2.24) is 0 Å². The minimum absolute atomic E-state index is 0.00862. The standard InChI is InChI=1S/C16H20O4/c1-3-6-12-9-13(10-14(11(2)17)16(12)18)20-15-7-4-5-8-19-15/h3,9-10,15,18H,1,4-8H2,2H3. The van der Waals surface area contributed by atoms with Crippen LogP contribution < -0.4 is 4.74 Å². The number of carbonyl (C=O) groups is 1. The Bertz CT molecular complexity index is 501. The van der Waals surface area contributed by atoms with Crippen LogP contribution in [0, 0.1) is 0 Å². The molecule has 1 saturated heterocycles. The molecule has 4 nitrogen and oxygen atoms in total. The maximum Gasteiger partial charge on any atom is 0.199 e. The predicted octanol–water partition coefficient (Wildman–Crippen LogP) is 3.23. The lowest BCUT2D eigenvalue weighted by molar-refractivity contribution is -0.105. The van der Waals surface area contributed by atoms with Gasteiger partial charge in [-0.2, -0.15) is 0 Å². The third-order valence-corrected chi connectivity index (χ3v) is 3.31. The van der Waals surface area contributed by atoms with Crippen molar-refractivity contribution in [3.63, 3.8) is 0 Å². The van der Waals surface area contributed by atoms with Crippen LogP contribution in [-0.4, -0.2) is 23.8 Å². The molecule has 1 fully saturated rings. The predicted molar refractivity (Wildman–Crippen MR) is 76.2 cm³/mol. The van der Waals surface area contributed by atoms with Gasteiger partial charge in [0.1, 0.15) is 11.5 Å². The highest BCUT2D eigenvalue weighted by molar-refractivity contribution is 5.97. The summed E-state index contributed by atoms with van der Waals surface area (Å²) in [7, 11) is 0. The molecule has 0 amide bonds. The number of carbonyl (C=O) groups excluding carboxylic acids is 1. The zero-order chi connectivity index (χ0) is 14.5. The zero-order valence-electron chi connectivity index (χ0n) is 11.7. The first-order valence-corrected chi connectivity index (χ1v) is 6.87. The molecule has 0 saturated carbocycles. The van der Waals surface area contributed by atoms with E-state index in [0.717, 1.165) is 19.3 Å². The molecule has 0 aromatic heterocycles. The minimum atomic E-state index is -0.273. The number of ketones is 1. The molecular formula is C16H20O4. The average molecular weight is 276 g/mol. The summed E-state index contributed by atoms with van der Waals surface area (Å²) < 4.78 is 11.3. The highest BCUT2D eigenvalue weighted by atomic mass is 16.7. The van der Waals surface area contributed by atoms with Gasteiger partial charge in [-0.3, -0.25) is 4.79 Å². The maximum atomic E-state index is 11.6. The summed E-state index contributed by atoms with van der Waals surface area (Å²) in [6.45, 7) is 5.78. The van der Waals surface area contributed by atoms with Crippen LogP contribution >= 0.6 is 0 Å². The van der Waals surface area contributed by atoms with Gasteiger partial charge in [0.15, 0.2) is 12.1 Å². The first-order valence-electron chi connectivity index (χ1n) is 6.87. The molecule has 4 heteroatoms. The monoisotopic (exact) mass is 276 g/mol. The molecule has 0 aliphatic carbocycles. The SMILES string of the molecule is C=CCc1cc(OC2CCCCO2)cc(C(C)=O)c1O. The molecular weight excluding hydrogens is 256 g/mol. The van der Waals surface area contributed by atoms with Gasteiger partial charge >= 0.3 is 0 Å². The van der Waals surface area contributed by atoms with Crippen molar-refractivity contribution in [2.24, 2.45) is 0 Å². The molecule has 0 bridgehead atoms. The van der Waals surface area contributed by atoms with E-state index in [9.17, 15) is 9.90 Å². The van der Waals surface area contributed by atoms with Crippen molar-refractivity contribution in [2.45, 2.75) is 38.9 Å². The fourth-order valence-corrected chi connectivity index (χ4v) is 2.27. The van der Waals surface area contributed by atoms with Gasteiger partial charge in [0.2, 0.25) is 0 Å². The lowest BCUT2D eigenvalue weighted by Gasteiger charge is -2.24. The Hall–Kier alpha value is -1.81. The van der Waals surface area contributed by atoms with Gasteiger partial charge in [0.05, 0.1) is 12.2 Å². The van der Waals surface area contributed by atoms with Crippen molar-refractivity contribution >= 4 is 5.78 Å². The van der Waals surface area contributed by atoms with Crippen molar-refractivity contribution in [3.8, 4) is 11.5 Å². The molecule has 20 heavy (non-hydrogen) atoms. The third kappa shape index (κ3) is 3.39. The molecule has 1 aromatic rings.